The molecule has 0 saturated heterocycles. The van der Waals surface area contributed by atoms with E-state index in [2.05, 4.69) is 4.98 Å². The van der Waals surface area contributed by atoms with Crippen LogP contribution in [0.2, 0.25) is 0 Å². The number of methoxy groups -OCH3 is 1. The maximum absolute atomic E-state index is 11.7. The van der Waals surface area contributed by atoms with Crippen molar-refractivity contribution in [1.82, 2.24) is 4.98 Å². The van der Waals surface area contributed by atoms with Crippen LogP contribution >= 0.6 is 0 Å². The fourth-order valence-electron chi connectivity index (χ4n) is 2.13. The zero-order chi connectivity index (χ0) is 10.9. The Balaban J connectivity index is 2.49. The summed E-state index contributed by atoms with van der Waals surface area (Å²) in [5, 5.41) is 0. The molecule has 1 unspecified atom stereocenters. The topological polar surface area (TPSA) is 65.2 Å². The standard InChI is InChI=1S/C11H14N2O2/c1-15-10(14)11(12)5-2-3-8-4-6-13-7-9(8)11/h4,6-7H,2-3,5,12H2,1H3. The number of aromatic nitrogens is 1. The molecule has 4 nitrogen and oxygen atoms in total. The predicted molar refractivity (Wildman–Crippen MR) is 55.1 cm³/mol. The summed E-state index contributed by atoms with van der Waals surface area (Å²) in [4.78, 5) is 15.7. The van der Waals surface area contributed by atoms with E-state index in [1.807, 2.05) is 6.07 Å². The maximum atomic E-state index is 11.7. The molecule has 2 N–H and O–H groups in total. The lowest BCUT2D eigenvalue weighted by atomic mass is 9.78. The molecule has 2 rings (SSSR count). The molecule has 4 heteroatoms. The minimum absolute atomic E-state index is 0.378. The Morgan fingerprint density at radius 3 is 3.20 bits per heavy atom. The Bertz CT molecular complexity index is 392. The van der Waals surface area contributed by atoms with E-state index in [0.717, 1.165) is 24.0 Å². The molecule has 0 saturated carbocycles. The summed E-state index contributed by atoms with van der Waals surface area (Å²) in [6.45, 7) is 0. The SMILES string of the molecule is COC(=O)C1(N)CCCc2ccncc21. The highest BCUT2D eigenvalue weighted by Gasteiger charge is 2.40. The van der Waals surface area contributed by atoms with Crippen LogP contribution < -0.4 is 5.73 Å². The number of ether oxygens (including phenoxy) is 1. The second kappa shape index (κ2) is 3.62. The molecule has 80 valence electrons. The zero-order valence-corrected chi connectivity index (χ0v) is 8.69. The lowest BCUT2D eigenvalue weighted by Crippen LogP contribution is -2.48. The molecule has 1 aromatic heterocycles. The lowest BCUT2D eigenvalue weighted by molar-refractivity contribution is -0.148. The van der Waals surface area contributed by atoms with Gasteiger partial charge in [-0.05, 0) is 30.9 Å². The van der Waals surface area contributed by atoms with Gasteiger partial charge in [-0.2, -0.15) is 0 Å². The highest BCUT2D eigenvalue weighted by Crippen LogP contribution is 2.33. The van der Waals surface area contributed by atoms with Crippen molar-refractivity contribution in [3.63, 3.8) is 0 Å². The number of fused-ring (bicyclic) bond motifs is 1. The first-order valence-corrected chi connectivity index (χ1v) is 4.99. The third-order valence-corrected chi connectivity index (χ3v) is 2.96. The van der Waals surface area contributed by atoms with Crippen molar-refractivity contribution in [1.29, 1.82) is 0 Å². The fourth-order valence-corrected chi connectivity index (χ4v) is 2.13. The van der Waals surface area contributed by atoms with E-state index in [9.17, 15) is 4.79 Å². The number of rotatable bonds is 1. The molecule has 0 aromatic carbocycles. The van der Waals surface area contributed by atoms with Crippen molar-refractivity contribution >= 4 is 5.97 Å². The van der Waals surface area contributed by atoms with E-state index in [4.69, 9.17) is 10.5 Å². The van der Waals surface area contributed by atoms with E-state index in [1.54, 1.807) is 12.4 Å². The maximum Gasteiger partial charge on any atom is 0.330 e. The molecule has 1 heterocycles. The van der Waals surface area contributed by atoms with Crippen LogP contribution in [0, 0.1) is 0 Å². The molecule has 1 aromatic rings. The van der Waals surface area contributed by atoms with Crippen LogP contribution in [0.4, 0.5) is 0 Å². The molecule has 1 aliphatic rings. The summed E-state index contributed by atoms with van der Waals surface area (Å²) in [6.07, 6.45) is 5.88. The van der Waals surface area contributed by atoms with Gasteiger partial charge in [0.05, 0.1) is 7.11 Å². The van der Waals surface area contributed by atoms with E-state index in [-0.39, 0.29) is 5.97 Å². The summed E-state index contributed by atoms with van der Waals surface area (Å²) in [5.41, 5.74) is 7.02. The first kappa shape index (κ1) is 10.1. The van der Waals surface area contributed by atoms with Gasteiger partial charge in [0.1, 0.15) is 5.54 Å². The van der Waals surface area contributed by atoms with Gasteiger partial charge in [0.2, 0.25) is 0 Å². The van der Waals surface area contributed by atoms with Gasteiger partial charge in [0.25, 0.3) is 0 Å². The number of nitrogens with two attached hydrogens (primary N) is 1. The number of carbonyl (C=O) groups is 1. The highest BCUT2D eigenvalue weighted by atomic mass is 16.5. The number of esters is 1. The number of carbonyl (C=O) groups excluding carboxylic acids is 1. The molecular weight excluding hydrogens is 192 g/mol. The van der Waals surface area contributed by atoms with E-state index in [0.29, 0.717) is 6.42 Å². The number of hydrogen-bond donors (Lipinski definition) is 1. The molecule has 0 bridgehead atoms. The monoisotopic (exact) mass is 206 g/mol. The van der Waals surface area contributed by atoms with Crippen LogP contribution in [0.1, 0.15) is 24.0 Å². The molecule has 0 spiro atoms. The van der Waals surface area contributed by atoms with Crippen LogP contribution in [0.25, 0.3) is 0 Å². The minimum Gasteiger partial charge on any atom is -0.467 e. The van der Waals surface area contributed by atoms with Crippen LogP contribution in [0.3, 0.4) is 0 Å². The van der Waals surface area contributed by atoms with Crippen molar-refractivity contribution in [2.45, 2.75) is 24.8 Å². The van der Waals surface area contributed by atoms with Crippen LogP contribution in [0.15, 0.2) is 18.5 Å². The van der Waals surface area contributed by atoms with E-state index >= 15 is 0 Å². The number of nitrogens with zero attached hydrogens (tertiary/aromatic N) is 1. The molecule has 1 aliphatic carbocycles. The van der Waals surface area contributed by atoms with Gasteiger partial charge >= 0.3 is 5.97 Å². The zero-order valence-electron chi connectivity index (χ0n) is 8.69. The van der Waals surface area contributed by atoms with Crippen molar-refractivity contribution < 1.29 is 9.53 Å². The molecule has 1 atom stereocenters. The van der Waals surface area contributed by atoms with Gasteiger partial charge < -0.3 is 10.5 Å². The van der Waals surface area contributed by atoms with Crippen molar-refractivity contribution in [3.8, 4) is 0 Å². The summed E-state index contributed by atoms with van der Waals surface area (Å²) < 4.78 is 4.76. The van der Waals surface area contributed by atoms with Gasteiger partial charge in [0.15, 0.2) is 0 Å². The second-order valence-corrected chi connectivity index (χ2v) is 3.85. The van der Waals surface area contributed by atoms with Gasteiger partial charge in [-0.15, -0.1) is 0 Å². The van der Waals surface area contributed by atoms with Crippen molar-refractivity contribution in [2.24, 2.45) is 5.73 Å². The molecule has 0 radical (unpaired) electrons. The Labute approximate surface area is 88.4 Å². The molecule has 15 heavy (non-hydrogen) atoms. The molecular formula is C11H14N2O2. The van der Waals surface area contributed by atoms with E-state index < -0.39 is 5.54 Å². The third-order valence-electron chi connectivity index (χ3n) is 2.96. The smallest absolute Gasteiger partial charge is 0.330 e. The Hall–Kier alpha value is -1.42. The summed E-state index contributed by atoms with van der Waals surface area (Å²) >= 11 is 0. The summed E-state index contributed by atoms with van der Waals surface area (Å²) in [6, 6.07) is 1.92. The Morgan fingerprint density at radius 1 is 1.67 bits per heavy atom. The predicted octanol–water partition coefficient (Wildman–Crippen LogP) is 0.745. The van der Waals surface area contributed by atoms with Crippen LogP contribution in [0.5, 0.6) is 0 Å². The highest BCUT2D eigenvalue weighted by molar-refractivity contribution is 5.83. The quantitative estimate of drug-likeness (QED) is 0.688. The summed E-state index contributed by atoms with van der Waals surface area (Å²) in [5.74, 6) is -0.378. The number of pyridine rings is 1. The van der Waals surface area contributed by atoms with Crippen molar-refractivity contribution in [2.75, 3.05) is 7.11 Å². The second-order valence-electron chi connectivity index (χ2n) is 3.85. The normalized spacial score (nSPS) is 24.4. The molecule has 0 fully saturated rings. The largest absolute Gasteiger partial charge is 0.467 e. The first-order chi connectivity index (χ1) is 7.18. The summed E-state index contributed by atoms with van der Waals surface area (Å²) in [7, 11) is 1.36. The number of hydrogen-bond acceptors (Lipinski definition) is 4. The van der Waals surface area contributed by atoms with Crippen LogP contribution in [-0.4, -0.2) is 18.1 Å². The van der Waals surface area contributed by atoms with Crippen LogP contribution in [-0.2, 0) is 21.5 Å². The molecule has 0 aliphatic heterocycles. The van der Waals surface area contributed by atoms with Gasteiger partial charge in [-0.25, -0.2) is 4.79 Å². The fraction of sp³-hybridized carbons (Fsp3) is 0.455. The average molecular weight is 206 g/mol. The third kappa shape index (κ3) is 1.51. The minimum atomic E-state index is -1.00. The number of aryl methyl sites for hydroxylation is 1. The van der Waals surface area contributed by atoms with E-state index in [1.165, 1.54) is 7.11 Å². The molecule has 0 amide bonds. The lowest BCUT2D eigenvalue weighted by Gasteiger charge is -2.32. The Kier molecular flexibility index (Phi) is 2.44. The van der Waals surface area contributed by atoms with Gasteiger partial charge in [-0.1, -0.05) is 0 Å². The average Bonchev–Trinajstić information content (AvgIpc) is 2.28. The Morgan fingerprint density at radius 2 is 2.47 bits per heavy atom. The first-order valence-electron chi connectivity index (χ1n) is 4.99. The van der Waals surface area contributed by atoms with Crippen molar-refractivity contribution in [3.05, 3.63) is 29.6 Å². The van der Waals surface area contributed by atoms with Gasteiger partial charge in [0, 0.05) is 18.0 Å². The van der Waals surface area contributed by atoms with Gasteiger partial charge in [-0.3, -0.25) is 4.98 Å².